The molecule has 2 aliphatic carbocycles. The molecule has 25 heavy (non-hydrogen) atoms. The van der Waals surface area contributed by atoms with E-state index < -0.39 is 5.60 Å². The normalized spacial score (nSPS) is 31.7. The molecule has 3 nitrogen and oxygen atoms in total. The summed E-state index contributed by atoms with van der Waals surface area (Å²) in [5.74, 6) is 6.44. The maximum atomic E-state index is 13.3. The van der Waals surface area contributed by atoms with E-state index in [4.69, 9.17) is 4.74 Å². The minimum atomic E-state index is -1.25. The summed E-state index contributed by atoms with van der Waals surface area (Å²) in [7, 11) is 1.56. The smallest absolute Gasteiger partial charge is 0.270 e. The van der Waals surface area contributed by atoms with Gasteiger partial charge in [-0.3, -0.25) is 4.79 Å². The lowest BCUT2D eigenvalue weighted by atomic mass is 9.69. The van der Waals surface area contributed by atoms with Crippen molar-refractivity contribution in [2.24, 2.45) is 16.7 Å². The summed E-state index contributed by atoms with van der Waals surface area (Å²) in [6.07, 6.45) is 3.47. The highest BCUT2D eigenvalue weighted by Crippen LogP contribution is 2.65. The van der Waals surface area contributed by atoms with Crippen molar-refractivity contribution in [1.82, 2.24) is 5.32 Å². The number of amides is 1. The summed E-state index contributed by atoms with van der Waals surface area (Å²) in [5, 5.41) is 3.32. The third-order valence-electron chi connectivity index (χ3n) is 7.21. The van der Waals surface area contributed by atoms with E-state index in [1.807, 2.05) is 30.3 Å². The summed E-state index contributed by atoms with van der Waals surface area (Å²) in [6, 6.07) is 9.73. The summed E-state index contributed by atoms with van der Waals surface area (Å²) in [4.78, 5) is 13.3. The second-order valence-corrected chi connectivity index (χ2v) is 8.26. The van der Waals surface area contributed by atoms with E-state index in [0.29, 0.717) is 5.92 Å². The van der Waals surface area contributed by atoms with Gasteiger partial charge in [-0.15, -0.1) is 5.92 Å². The number of carbonyl (C=O) groups is 1. The van der Waals surface area contributed by atoms with E-state index in [-0.39, 0.29) is 22.8 Å². The zero-order chi connectivity index (χ0) is 18.3. The van der Waals surface area contributed by atoms with Gasteiger partial charge in [0.2, 0.25) is 5.60 Å². The second kappa shape index (κ2) is 6.18. The van der Waals surface area contributed by atoms with Gasteiger partial charge in [-0.05, 0) is 42.9 Å². The van der Waals surface area contributed by atoms with Crippen LogP contribution in [0.1, 0.15) is 52.5 Å². The quantitative estimate of drug-likeness (QED) is 0.846. The molecule has 0 heterocycles. The fourth-order valence-electron chi connectivity index (χ4n) is 5.05. The fourth-order valence-corrected chi connectivity index (χ4v) is 5.05. The van der Waals surface area contributed by atoms with Crippen molar-refractivity contribution in [2.45, 2.75) is 58.6 Å². The van der Waals surface area contributed by atoms with Crippen molar-refractivity contribution in [3.05, 3.63) is 35.9 Å². The number of benzene rings is 1. The SMILES string of the molecule is CC#C[C@@](OC)(C(=O)N[C@H]1C[C@H]2CC[C@]1(C)C2(C)C)c1ccccc1. The minimum absolute atomic E-state index is 0.128. The molecule has 0 saturated heterocycles. The molecule has 1 amide bonds. The third-order valence-corrected chi connectivity index (χ3v) is 7.21. The van der Waals surface area contributed by atoms with Crippen LogP contribution in [0.3, 0.4) is 0 Å². The highest BCUT2D eigenvalue weighted by Gasteiger charge is 2.62. The topological polar surface area (TPSA) is 38.3 Å². The van der Waals surface area contributed by atoms with Crippen molar-refractivity contribution in [1.29, 1.82) is 0 Å². The van der Waals surface area contributed by atoms with Gasteiger partial charge < -0.3 is 10.1 Å². The maximum Gasteiger partial charge on any atom is 0.270 e. The van der Waals surface area contributed by atoms with Crippen LogP contribution in [-0.2, 0) is 15.1 Å². The van der Waals surface area contributed by atoms with Crippen LogP contribution in [-0.4, -0.2) is 19.1 Å². The van der Waals surface area contributed by atoms with Gasteiger partial charge in [0.25, 0.3) is 5.91 Å². The molecular weight excluding hydrogens is 310 g/mol. The number of rotatable bonds is 4. The molecule has 0 radical (unpaired) electrons. The summed E-state index contributed by atoms with van der Waals surface area (Å²) < 4.78 is 5.72. The molecule has 0 aromatic heterocycles. The van der Waals surface area contributed by atoms with Crippen LogP contribution in [0.15, 0.2) is 30.3 Å². The van der Waals surface area contributed by atoms with E-state index >= 15 is 0 Å². The van der Waals surface area contributed by atoms with Crippen molar-refractivity contribution in [3.8, 4) is 11.8 Å². The van der Waals surface area contributed by atoms with Crippen LogP contribution in [0, 0.1) is 28.6 Å². The van der Waals surface area contributed by atoms with E-state index in [1.165, 1.54) is 12.8 Å². The molecule has 1 aromatic rings. The van der Waals surface area contributed by atoms with Gasteiger partial charge in [0.1, 0.15) is 0 Å². The van der Waals surface area contributed by atoms with Crippen LogP contribution in [0.5, 0.6) is 0 Å². The van der Waals surface area contributed by atoms with E-state index in [0.717, 1.165) is 12.0 Å². The number of fused-ring (bicyclic) bond motifs is 2. The largest absolute Gasteiger partial charge is 0.353 e. The molecule has 3 rings (SSSR count). The molecular formula is C22H29NO2. The average Bonchev–Trinajstić information content (AvgIpc) is 2.94. The Kier molecular flexibility index (Phi) is 4.45. The molecule has 1 aromatic carbocycles. The monoisotopic (exact) mass is 339 g/mol. The highest BCUT2D eigenvalue weighted by molar-refractivity contribution is 5.90. The lowest BCUT2D eigenvalue weighted by Crippen LogP contribution is -2.53. The summed E-state index contributed by atoms with van der Waals surface area (Å²) >= 11 is 0. The van der Waals surface area contributed by atoms with E-state index in [1.54, 1.807) is 14.0 Å². The van der Waals surface area contributed by atoms with E-state index in [2.05, 4.69) is 37.9 Å². The van der Waals surface area contributed by atoms with Crippen LogP contribution >= 0.6 is 0 Å². The van der Waals surface area contributed by atoms with Gasteiger partial charge in [-0.1, -0.05) is 57.0 Å². The molecule has 0 aliphatic heterocycles. The molecule has 1 N–H and O–H groups in total. The Labute approximate surface area is 151 Å². The lowest BCUT2D eigenvalue weighted by molar-refractivity contribution is -0.140. The Morgan fingerprint density at radius 1 is 1.28 bits per heavy atom. The second-order valence-electron chi connectivity index (χ2n) is 8.26. The zero-order valence-corrected chi connectivity index (χ0v) is 16.0. The molecule has 134 valence electrons. The first-order valence-corrected chi connectivity index (χ1v) is 9.17. The molecule has 2 fully saturated rings. The van der Waals surface area contributed by atoms with Gasteiger partial charge in [0, 0.05) is 18.7 Å². The standard InChI is InChI=1S/C22H29NO2/c1-6-13-22(25-5,16-10-8-7-9-11-16)19(24)23-18-15-17-12-14-21(18,4)20(17,2)3/h7-11,17-18H,12,14-15H2,1-5H3,(H,23,24)/t17-,18+,21+,22+/m1/s1. The lowest BCUT2D eigenvalue weighted by Gasteiger charge is -2.40. The summed E-state index contributed by atoms with van der Waals surface area (Å²) in [5.41, 5.74) is -0.0948. The first-order valence-electron chi connectivity index (χ1n) is 9.17. The minimum Gasteiger partial charge on any atom is -0.353 e. The zero-order valence-electron chi connectivity index (χ0n) is 16.0. The van der Waals surface area contributed by atoms with Gasteiger partial charge in [0.15, 0.2) is 0 Å². The van der Waals surface area contributed by atoms with Gasteiger partial charge >= 0.3 is 0 Å². The number of hydrogen-bond donors (Lipinski definition) is 1. The first kappa shape index (κ1) is 18.0. The number of hydrogen-bond acceptors (Lipinski definition) is 2. The Hall–Kier alpha value is -1.79. The predicted molar refractivity (Wildman–Crippen MR) is 99.7 cm³/mol. The summed E-state index contributed by atoms with van der Waals surface area (Å²) in [6.45, 7) is 8.77. The number of ether oxygens (including phenoxy) is 1. The molecule has 3 heteroatoms. The van der Waals surface area contributed by atoms with Crippen LogP contribution < -0.4 is 5.32 Å². The van der Waals surface area contributed by atoms with Crippen molar-refractivity contribution < 1.29 is 9.53 Å². The molecule has 2 bridgehead atoms. The van der Waals surface area contributed by atoms with Crippen LogP contribution in [0.2, 0.25) is 0 Å². The highest BCUT2D eigenvalue weighted by atomic mass is 16.5. The molecule has 0 unspecified atom stereocenters. The predicted octanol–water partition coefficient (Wildman–Crippen LogP) is 3.88. The molecule has 4 atom stereocenters. The number of carbonyl (C=O) groups excluding carboxylic acids is 1. The average molecular weight is 339 g/mol. The van der Waals surface area contributed by atoms with E-state index in [9.17, 15) is 4.79 Å². The number of nitrogens with one attached hydrogen (secondary N) is 1. The number of methoxy groups -OCH3 is 1. The Morgan fingerprint density at radius 3 is 2.44 bits per heavy atom. The first-order chi connectivity index (χ1) is 11.8. The molecule has 2 aliphatic rings. The maximum absolute atomic E-state index is 13.3. The van der Waals surface area contributed by atoms with Crippen molar-refractivity contribution in [2.75, 3.05) is 7.11 Å². The van der Waals surface area contributed by atoms with Crippen LogP contribution in [0.25, 0.3) is 0 Å². The Balaban J connectivity index is 1.91. The third kappa shape index (κ3) is 2.50. The molecule has 2 saturated carbocycles. The van der Waals surface area contributed by atoms with Gasteiger partial charge in [-0.25, -0.2) is 0 Å². The van der Waals surface area contributed by atoms with Gasteiger partial charge in [0.05, 0.1) is 0 Å². The van der Waals surface area contributed by atoms with Crippen LogP contribution in [0.4, 0.5) is 0 Å². The molecule has 0 spiro atoms. The van der Waals surface area contributed by atoms with Crippen molar-refractivity contribution in [3.63, 3.8) is 0 Å². The Bertz CT molecular complexity index is 715. The van der Waals surface area contributed by atoms with Gasteiger partial charge in [-0.2, -0.15) is 0 Å². The fraction of sp³-hybridized carbons (Fsp3) is 0.591. The van der Waals surface area contributed by atoms with Crippen molar-refractivity contribution >= 4 is 5.91 Å². The Morgan fingerprint density at radius 2 is 1.96 bits per heavy atom.